The highest BCUT2D eigenvalue weighted by Crippen LogP contribution is 2.41. The van der Waals surface area contributed by atoms with E-state index in [1.165, 1.54) is 24.0 Å². The molecule has 9 nitrogen and oxygen atoms in total. The van der Waals surface area contributed by atoms with Gasteiger partial charge in [0.1, 0.15) is 10.9 Å². The lowest BCUT2D eigenvalue weighted by Crippen LogP contribution is -2.74. The molecule has 1 amide bonds. The fourth-order valence-electron chi connectivity index (χ4n) is 2.95. The molecule has 2 aliphatic rings. The third-order valence-electron chi connectivity index (χ3n) is 3.90. The Kier molecular flexibility index (Phi) is 2.46. The van der Waals surface area contributed by atoms with Gasteiger partial charge >= 0.3 is 5.97 Å². The van der Waals surface area contributed by atoms with Crippen molar-refractivity contribution in [1.82, 2.24) is 19.9 Å². The van der Waals surface area contributed by atoms with Crippen LogP contribution in [0.1, 0.15) is 13.3 Å². The van der Waals surface area contributed by atoms with Crippen molar-refractivity contribution in [3.05, 3.63) is 12.4 Å². The van der Waals surface area contributed by atoms with Crippen molar-refractivity contribution in [3.8, 4) is 0 Å². The standard InChI is InChI=1S/C10H12N4O5S/c1-10(13-3-2-11-12-13)5-20(18,19)7-4-6(15)14(7)8(10)9(16)17/h2-3,7-8H,4-5H2,1H3,(H,16,17)/t7?,8?,10-/m1/s1. The number of carbonyl (C=O) groups excluding carboxylic acids is 1. The van der Waals surface area contributed by atoms with Gasteiger partial charge in [0.2, 0.25) is 5.91 Å². The van der Waals surface area contributed by atoms with Crippen LogP contribution in [0.3, 0.4) is 0 Å². The fraction of sp³-hybridized carbons (Fsp3) is 0.600. The number of amides is 1. The lowest BCUT2D eigenvalue weighted by Gasteiger charge is -2.53. The normalized spacial score (nSPS) is 35.2. The number of sulfone groups is 1. The van der Waals surface area contributed by atoms with Gasteiger partial charge in [-0.1, -0.05) is 5.21 Å². The van der Waals surface area contributed by atoms with E-state index in [4.69, 9.17) is 0 Å². The van der Waals surface area contributed by atoms with Gasteiger partial charge in [-0.3, -0.25) is 4.79 Å². The van der Waals surface area contributed by atoms with Crippen LogP contribution >= 0.6 is 0 Å². The second-order valence-electron chi connectivity index (χ2n) is 5.21. The van der Waals surface area contributed by atoms with Crippen molar-refractivity contribution in [1.29, 1.82) is 0 Å². The molecule has 3 rings (SSSR count). The monoisotopic (exact) mass is 300 g/mol. The molecule has 0 aromatic carbocycles. The number of hydrogen-bond acceptors (Lipinski definition) is 6. The molecule has 1 aromatic rings. The van der Waals surface area contributed by atoms with E-state index in [1.807, 2.05) is 0 Å². The molecule has 2 aliphatic heterocycles. The number of carbonyl (C=O) groups is 2. The molecule has 1 N–H and O–H groups in total. The van der Waals surface area contributed by atoms with E-state index in [0.29, 0.717) is 0 Å². The summed E-state index contributed by atoms with van der Waals surface area (Å²) in [7, 11) is -3.60. The van der Waals surface area contributed by atoms with Gasteiger partial charge in [-0.15, -0.1) is 5.10 Å². The number of rotatable bonds is 2. The summed E-state index contributed by atoms with van der Waals surface area (Å²) in [5.41, 5.74) is -1.38. The predicted octanol–water partition coefficient (Wildman–Crippen LogP) is -1.57. The summed E-state index contributed by atoms with van der Waals surface area (Å²) in [6.07, 6.45) is 2.58. The Hall–Kier alpha value is -1.97. The molecule has 10 heteroatoms. The molecule has 1 aromatic heterocycles. The van der Waals surface area contributed by atoms with E-state index in [1.54, 1.807) is 0 Å². The predicted molar refractivity (Wildman–Crippen MR) is 64.1 cm³/mol. The number of fused-ring (bicyclic) bond motifs is 1. The maximum absolute atomic E-state index is 12.2. The van der Waals surface area contributed by atoms with Crippen LogP contribution in [0.4, 0.5) is 0 Å². The molecule has 3 heterocycles. The molecule has 3 atom stereocenters. The molecule has 0 aliphatic carbocycles. The maximum Gasteiger partial charge on any atom is 0.329 e. The van der Waals surface area contributed by atoms with Crippen molar-refractivity contribution in [2.45, 2.75) is 30.3 Å². The van der Waals surface area contributed by atoms with E-state index in [-0.39, 0.29) is 6.42 Å². The van der Waals surface area contributed by atoms with Crippen molar-refractivity contribution in [3.63, 3.8) is 0 Å². The van der Waals surface area contributed by atoms with Crippen LogP contribution in [-0.2, 0) is 25.0 Å². The lowest BCUT2D eigenvalue weighted by atomic mass is 9.89. The Morgan fingerprint density at radius 3 is 2.75 bits per heavy atom. The topological polar surface area (TPSA) is 122 Å². The zero-order chi connectivity index (χ0) is 14.7. The van der Waals surface area contributed by atoms with Crippen LogP contribution < -0.4 is 0 Å². The SMILES string of the molecule is C[C@@]1(n2ccnn2)CS(=O)(=O)C2CC(=O)N2C1C(=O)O. The number of carboxylic acid groups (broad SMARTS) is 1. The van der Waals surface area contributed by atoms with Crippen molar-refractivity contribution in [2.75, 3.05) is 5.75 Å². The fourth-order valence-corrected chi connectivity index (χ4v) is 5.23. The molecule has 2 unspecified atom stereocenters. The molecule has 2 fully saturated rings. The number of β-lactam (4-membered cyclic amide) rings is 1. The third kappa shape index (κ3) is 1.51. The molecule has 0 spiro atoms. The average molecular weight is 300 g/mol. The smallest absolute Gasteiger partial charge is 0.329 e. The Morgan fingerprint density at radius 1 is 1.55 bits per heavy atom. The number of aliphatic carboxylic acids is 1. The quantitative estimate of drug-likeness (QED) is 0.655. The number of aromatic nitrogens is 3. The van der Waals surface area contributed by atoms with Crippen LogP contribution in [0, 0.1) is 0 Å². The largest absolute Gasteiger partial charge is 0.480 e. The van der Waals surface area contributed by atoms with Crippen molar-refractivity contribution in [2.24, 2.45) is 0 Å². The second kappa shape index (κ2) is 3.78. The van der Waals surface area contributed by atoms with E-state index >= 15 is 0 Å². The lowest BCUT2D eigenvalue weighted by molar-refractivity contribution is -0.165. The van der Waals surface area contributed by atoms with E-state index in [0.717, 1.165) is 4.90 Å². The molecular weight excluding hydrogens is 288 g/mol. The van der Waals surface area contributed by atoms with Gasteiger partial charge in [0, 0.05) is 6.20 Å². The average Bonchev–Trinajstić information content (AvgIpc) is 2.84. The summed E-state index contributed by atoms with van der Waals surface area (Å²) < 4.78 is 25.6. The Morgan fingerprint density at radius 2 is 2.25 bits per heavy atom. The summed E-state index contributed by atoms with van der Waals surface area (Å²) in [4.78, 5) is 24.2. The molecule has 20 heavy (non-hydrogen) atoms. The van der Waals surface area contributed by atoms with Gasteiger partial charge in [-0.2, -0.15) is 0 Å². The molecule has 0 saturated carbocycles. The third-order valence-corrected chi connectivity index (χ3v) is 6.11. The summed E-state index contributed by atoms with van der Waals surface area (Å²) in [6, 6.07) is -1.28. The van der Waals surface area contributed by atoms with Crippen LogP contribution in [0.5, 0.6) is 0 Å². The second-order valence-corrected chi connectivity index (χ2v) is 7.37. The van der Waals surface area contributed by atoms with Gasteiger partial charge in [-0.25, -0.2) is 17.9 Å². The molecule has 0 bridgehead atoms. The maximum atomic E-state index is 12.2. The van der Waals surface area contributed by atoms with Crippen LogP contribution in [0.2, 0.25) is 0 Å². The molecule has 2 saturated heterocycles. The number of nitrogens with zero attached hydrogens (tertiary/aromatic N) is 4. The van der Waals surface area contributed by atoms with Gasteiger partial charge in [0.25, 0.3) is 0 Å². The zero-order valence-electron chi connectivity index (χ0n) is 10.5. The van der Waals surface area contributed by atoms with E-state index in [9.17, 15) is 23.1 Å². The van der Waals surface area contributed by atoms with E-state index < -0.39 is 44.4 Å². The van der Waals surface area contributed by atoms with Gasteiger partial charge in [0.15, 0.2) is 15.9 Å². The summed E-state index contributed by atoms with van der Waals surface area (Å²) in [6.45, 7) is 1.46. The van der Waals surface area contributed by atoms with Gasteiger partial charge in [-0.05, 0) is 6.92 Å². The Balaban J connectivity index is 2.17. The number of hydrogen-bond donors (Lipinski definition) is 1. The van der Waals surface area contributed by atoms with Crippen molar-refractivity contribution >= 4 is 21.7 Å². The molecule has 0 radical (unpaired) electrons. The summed E-state index contributed by atoms with van der Waals surface area (Å²) >= 11 is 0. The van der Waals surface area contributed by atoms with Crippen LogP contribution in [0.15, 0.2) is 12.4 Å². The zero-order valence-corrected chi connectivity index (χ0v) is 11.3. The summed E-state index contributed by atoms with van der Waals surface area (Å²) in [5, 5.41) is 15.7. The minimum absolute atomic E-state index is 0.153. The first-order valence-corrected chi connectivity index (χ1v) is 7.61. The first-order chi connectivity index (χ1) is 9.27. The number of carboxylic acids is 1. The van der Waals surface area contributed by atoms with E-state index in [2.05, 4.69) is 10.3 Å². The first kappa shape index (κ1) is 13.0. The van der Waals surface area contributed by atoms with Gasteiger partial charge < -0.3 is 10.0 Å². The molecular formula is C10H12N4O5S. The molecule has 108 valence electrons. The van der Waals surface area contributed by atoms with Crippen molar-refractivity contribution < 1.29 is 23.1 Å². The minimum Gasteiger partial charge on any atom is -0.480 e. The highest BCUT2D eigenvalue weighted by Gasteiger charge is 2.63. The highest BCUT2D eigenvalue weighted by molar-refractivity contribution is 7.92. The first-order valence-electron chi connectivity index (χ1n) is 5.90. The Labute approximate surface area is 114 Å². The van der Waals surface area contributed by atoms with Gasteiger partial charge in [0.05, 0.1) is 18.4 Å². The van der Waals surface area contributed by atoms with Crippen LogP contribution in [-0.4, -0.2) is 62.5 Å². The Bertz CT molecular complexity index is 685. The highest BCUT2D eigenvalue weighted by atomic mass is 32.2. The minimum atomic E-state index is -3.60. The summed E-state index contributed by atoms with van der Waals surface area (Å²) in [5.74, 6) is -2.12. The van der Waals surface area contributed by atoms with Crippen LogP contribution in [0.25, 0.3) is 0 Å².